The maximum atomic E-state index is 11.1. The molecule has 0 aromatic heterocycles. The summed E-state index contributed by atoms with van der Waals surface area (Å²) in [5.41, 5.74) is 0.747. The summed E-state index contributed by atoms with van der Waals surface area (Å²) in [5.74, 6) is -0.773. The number of carbonyl (C=O) groups excluding carboxylic acids is 1. The number of benzene rings is 1. The SMILES string of the molecule is CCOc1c(OC)cc(CCC(=O)C(=O)O)cc1OC. The first kappa shape index (κ1) is 15.8. The van der Waals surface area contributed by atoms with Crippen LogP contribution in [-0.4, -0.2) is 37.7 Å². The van der Waals surface area contributed by atoms with Crippen LogP contribution in [-0.2, 0) is 16.0 Å². The quantitative estimate of drug-likeness (QED) is 0.731. The van der Waals surface area contributed by atoms with E-state index in [1.165, 1.54) is 14.2 Å². The molecule has 0 amide bonds. The molecule has 0 saturated heterocycles. The first-order valence-corrected chi connectivity index (χ1v) is 6.17. The van der Waals surface area contributed by atoms with Gasteiger partial charge < -0.3 is 19.3 Å². The molecule has 110 valence electrons. The van der Waals surface area contributed by atoms with Gasteiger partial charge in [-0.25, -0.2) is 4.79 Å². The average molecular weight is 282 g/mol. The molecule has 1 N–H and O–H groups in total. The number of methoxy groups -OCH3 is 2. The number of ether oxygens (including phenoxy) is 3. The zero-order chi connectivity index (χ0) is 15.1. The Balaban J connectivity index is 2.98. The summed E-state index contributed by atoms with van der Waals surface area (Å²) < 4.78 is 15.9. The number of rotatable bonds is 8. The van der Waals surface area contributed by atoms with E-state index in [-0.39, 0.29) is 6.42 Å². The van der Waals surface area contributed by atoms with Crippen molar-refractivity contribution >= 4 is 11.8 Å². The Morgan fingerprint density at radius 3 is 2.10 bits per heavy atom. The topological polar surface area (TPSA) is 82.1 Å². The van der Waals surface area contributed by atoms with Gasteiger partial charge in [0, 0.05) is 6.42 Å². The minimum absolute atomic E-state index is 0.0738. The van der Waals surface area contributed by atoms with E-state index in [4.69, 9.17) is 19.3 Å². The monoisotopic (exact) mass is 282 g/mol. The number of carbonyl (C=O) groups is 2. The molecule has 20 heavy (non-hydrogen) atoms. The van der Waals surface area contributed by atoms with E-state index in [0.717, 1.165) is 5.56 Å². The number of aliphatic carboxylic acids is 1. The molecule has 0 atom stereocenters. The number of hydrogen-bond donors (Lipinski definition) is 1. The Morgan fingerprint density at radius 1 is 1.15 bits per heavy atom. The van der Waals surface area contributed by atoms with Crippen molar-refractivity contribution in [2.75, 3.05) is 20.8 Å². The van der Waals surface area contributed by atoms with Crippen molar-refractivity contribution in [2.45, 2.75) is 19.8 Å². The number of carboxylic acids is 1. The van der Waals surface area contributed by atoms with Crippen LogP contribution >= 0.6 is 0 Å². The minimum Gasteiger partial charge on any atom is -0.493 e. The van der Waals surface area contributed by atoms with E-state index in [9.17, 15) is 9.59 Å². The fourth-order valence-corrected chi connectivity index (χ4v) is 1.73. The van der Waals surface area contributed by atoms with Crippen molar-refractivity contribution in [1.82, 2.24) is 0 Å². The molecular formula is C14H18O6. The summed E-state index contributed by atoms with van der Waals surface area (Å²) in [4.78, 5) is 21.6. The van der Waals surface area contributed by atoms with Crippen LogP contribution in [0.4, 0.5) is 0 Å². The lowest BCUT2D eigenvalue weighted by Crippen LogP contribution is -2.13. The molecule has 0 radical (unpaired) electrons. The van der Waals surface area contributed by atoms with Gasteiger partial charge in [-0.1, -0.05) is 0 Å². The van der Waals surface area contributed by atoms with Gasteiger partial charge in [0.2, 0.25) is 11.5 Å². The van der Waals surface area contributed by atoms with Crippen molar-refractivity contribution < 1.29 is 28.9 Å². The summed E-state index contributed by atoms with van der Waals surface area (Å²) in [6.07, 6.45) is 0.222. The van der Waals surface area contributed by atoms with Gasteiger partial charge in [-0.05, 0) is 31.0 Å². The van der Waals surface area contributed by atoms with Crippen LogP contribution in [0.5, 0.6) is 17.2 Å². The molecule has 0 spiro atoms. The number of aryl methyl sites for hydroxylation is 1. The third-order valence-electron chi connectivity index (χ3n) is 2.69. The lowest BCUT2D eigenvalue weighted by molar-refractivity contribution is -0.149. The molecule has 1 rings (SSSR count). The van der Waals surface area contributed by atoms with Crippen molar-refractivity contribution in [3.05, 3.63) is 17.7 Å². The summed E-state index contributed by atoms with van der Waals surface area (Å²) in [7, 11) is 3.01. The highest BCUT2D eigenvalue weighted by molar-refractivity contribution is 6.32. The molecule has 6 nitrogen and oxygen atoms in total. The molecule has 6 heteroatoms. The number of carboxylic acid groups (broad SMARTS) is 1. The smallest absolute Gasteiger partial charge is 0.372 e. The van der Waals surface area contributed by atoms with Crippen LogP contribution < -0.4 is 14.2 Å². The third-order valence-corrected chi connectivity index (χ3v) is 2.69. The lowest BCUT2D eigenvalue weighted by Gasteiger charge is -2.15. The molecule has 0 aliphatic carbocycles. The fraction of sp³-hybridized carbons (Fsp3) is 0.429. The second-order valence-corrected chi connectivity index (χ2v) is 3.99. The molecule has 0 unspecified atom stereocenters. The van der Waals surface area contributed by atoms with E-state index in [0.29, 0.717) is 30.3 Å². The van der Waals surface area contributed by atoms with Crippen LogP contribution in [0.3, 0.4) is 0 Å². The van der Waals surface area contributed by atoms with E-state index >= 15 is 0 Å². The van der Waals surface area contributed by atoms with E-state index in [2.05, 4.69) is 0 Å². The van der Waals surface area contributed by atoms with Crippen LogP contribution in [0.2, 0.25) is 0 Å². The molecule has 0 bridgehead atoms. The number of hydrogen-bond acceptors (Lipinski definition) is 5. The zero-order valence-electron chi connectivity index (χ0n) is 11.8. The Hall–Kier alpha value is -2.24. The third kappa shape index (κ3) is 3.88. The van der Waals surface area contributed by atoms with Gasteiger partial charge in [-0.15, -0.1) is 0 Å². The van der Waals surface area contributed by atoms with E-state index in [1.807, 2.05) is 6.92 Å². The van der Waals surface area contributed by atoms with Gasteiger partial charge in [0.1, 0.15) is 0 Å². The summed E-state index contributed by atoms with van der Waals surface area (Å²) in [5, 5.41) is 8.56. The zero-order valence-corrected chi connectivity index (χ0v) is 11.8. The van der Waals surface area contributed by atoms with Crippen LogP contribution in [0, 0.1) is 0 Å². The second kappa shape index (κ2) is 7.37. The highest BCUT2D eigenvalue weighted by Crippen LogP contribution is 2.38. The van der Waals surface area contributed by atoms with Crippen molar-refractivity contribution in [2.24, 2.45) is 0 Å². The summed E-state index contributed by atoms with van der Waals surface area (Å²) in [6.45, 7) is 2.31. The average Bonchev–Trinajstić information content (AvgIpc) is 2.45. The summed E-state index contributed by atoms with van der Waals surface area (Å²) >= 11 is 0. The van der Waals surface area contributed by atoms with Gasteiger partial charge in [-0.3, -0.25) is 4.79 Å². The molecule has 0 saturated carbocycles. The van der Waals surface area contributed by atoms with Gasteiger partial charge in [0.25, 0.3) is 0 Å². The highest BCUT2D eigenvalue weighted by Gasteiger charge is 2.16. The Kier molecular flexibility index (Phi) is 5.83. The molecule has 0 aliphatic heterocycles. The predicted octanol–water partition coefficient (Wildman–Crippen LogP) is 1.69. The Bertz CT molecular complexity index is 469. The lowest BCUT2D eigenvalue weighted by atomic mass is 10.1. The van der Waals surface area contributed by atoms with Gasteiger partial charge in [0.15, 0.2) is 11.5 Å². The van der Waals surface area contributed by atoms with Crippen molar-refractivity contribution in [3.63, 3.8) is 0 Å². The first-order chi connectivity index (χ1) is 9.53. The fourth-order valence-electron chi connectivity index (χ4n) is 1.73. The predicted molar refractivity (Wildman–Crippen MR) is 71.7 cm³/mol. The molecule has 1 aromatic rings. The Labute approximate surface area is 117 Å². The van der Waals surface area contributed by atoms with Crippen molar-refractivity contribution in [3.8, 4) is 17.2 Å². The molecular weight excluding hydrogens is 264 g/mol. The first-order valence-electron chi connectivity index (χ1n) is 6.17. The molecule has 0 heterocycles. The van der Waals surface area contributed by atoms with Gasteiger partial charge in [-0.2, -0.15) is 0 Å². The largest absolute Gasteiger partial charge is 0.493 e. The maximum absolute atomic E-state index is 11.1. The standard InChI is InChI=1S/C14H18O6/c1-4-20-13-11(18-2)7-9(8-12(13)19-3)5-6-10(15)14(16)17/h7-8H,4-6H2,1-3H3,(H,16,17). The molecule has 0 aliphatic rings. The minimum atomic E-state index is -1.42. The number of ketones is 1. The van der Waals surface area contributed by atoms with Gasteiger partial charge in [0.05, 0.1) is 20.8 Å². The van der Waals surface area contributed by atoms with Gasteiger partial charge >= 0.3 is 5.97 Å². The summed E-state index contributed by atoms with van der Waals surface area (Å²) in [6, 6.07) is 3.42. The van der Waals surface area contributed by atoms with Crippen LogP contribution in [0.15, 0.2) is 12.1 Å². The molecule has 1 aromatic carbocycles. The highest BCUT2D eigenvalue weighted by atomic mass is 16.5. The maximum Gasteiger partial charge on any atom is 0.372 e. The molecule has 0 fully saturated rings. The van der Waals surface area contributed by atoms with E-state index in [1.54, 1.807) is 12.1 Å². The van der Waals surface area contributed by atoms with Crippen molar-refractivity contribution in [1.29, 1.82) is 0 Å². The number of Topliss-reactive ketones (excluding diaryl/α,β-unsaturated/α-hetero) is 1. The second-order valence-electron chi connectivity index (χ2n) is 3.99. The van der Waals surface area contributed by atoms with E-state index < -0.39 is 11.8 Å². The van der Waals surface area contributed by atoms with Crippen LogP contribution in [0.1, 0.15) is 18.9 Å². The van der Waals surface area contributed by atoms with Crippen LogP contribution in [0.25, 0.3) is 0 Å². The normalized spacial score (nSPS) is 9.95. The Morgan fingerprint density at radius 2 is 1.70 bits per heavy atom.